The van der Waals surface area contributed by atoms with E-state index in [4.69, 9.17) is 4.98 Å². The lowest BCUT2D eigenvalue weighted by Gasteiger charge is -2.13. The Morgan fingerprint density at radius 1 is 0.450 bits per heavy atom. The lowest BCUT2D eigenvalue weighted by Crippen LogP contribution is -1.99. The normalized spacial score (nSPS) is 12.0. The van der Waals surface area contributed by atoms with Gasteiger partial charge in [-0.05, 0) is 60.0 Å². The molecule has 0 aliphatic rings. The van der Waals surface area contributed by atoms with Gasteiger partial charge >= 0.3 is 0 Å². The van der Waals surface area contributed by atoms with Crippen LogP contribution in [0.5, 0.6) is 0 Å². The van der Waals surface area contributed by atoms with E-state index >= 15 is 0 Å². The summed E-state index contributed by atoms with van der Waals surface area (Å²) < 4.78 is 4.72. The van der Waals surface area contributed by atoms with Gasteiger partial charge in [0.15, 0.2) is 0 Å². The predicted octanol–water partition coefficient (Wildman–Crippen LogP) is 8.95. The molecule has 186 valence electrons. The highest BCUT2D eigenvalue weighted by molar-refractivity contribution is 6.30. The number of rotatable bonds is 2. The third kappa shape index (κ3) is 2.85. The highest BCUT2D eigenvalue weighted by Crippen LogP contribution is 2.42. The van der Waals surface area contributed by atoms with E-state index in [1.54, 1.807) is 0 Å². The van der Waals surface area contributed by atoms with Crippen molar-refractivity contribution < 1.29 is 0 Å². The average molecular weight is 511 g/mol. The van der Waals surface area contributed by atoms with Crippen LogP contribution in [0.1, 0.15) is 0 Å². The van der Waals surface area contributed by atoms with Crippen molar-refractivity contribution >= 4 is 59.9 Å². The van der Waals surface area contributed by atoms with Gasteiger partial charge in [-0.25, -0.2) is 4.98 Å². The summed E-state index contributed by atoms with van der Waals surface area (Å²) in [5, 5.41) is 7.49. The van der Waals surface area contributed by atoms with Crippen molar-refractivity contribution in [1.82, 2.24) is 18.9 Å². The van der Waals surface area contributed by atoms with Gasteiger partial charge in [-0.1, -0.05) is 72.8 Å². The van der Waals surface area contributed by atoms with Gasteiger partial charge < -0.3 is 4.40 Å². The summed E-state index contributed by atoms with van der Waals surface area (Å²) >= 11 is 0. The van der Waals surface area contributed by atoms with Gasteiger partial charge in [0.1, 0.15) is 5.82 Å². The minimum atomic E-state index is 0.857. The first-order valence-corrected chi connectivity index (χ1v) is 13.5. The highest BCUT2D eigenvalue weighted by atomic mass is 15.1. The molecule has 0 fully saturated rings. The van der Waals surface area contributed by atoms with Crippen molar-refractivity contribution in [2.75, 3.05) is 0 Å². The molecular formula is C36H22N4. The number of nitrogens with zero attached hydrogens (tertiary/aromatic N) is 4. The molecule has 0 atom stereocenters. The minimum absolute atomic E-state index is 0.857. The van der Waals surface area contributed by atoms with Crippen LogP contribution in [0.25, 0.3) is 77.1 Å². The Balaban J connectivity index is 1.48. The molecule has 0 radical (unpaired) electrons. The molecular weight excluding hydrogens is 488 g/mol. The molecule has 9 rings (SSSR count). The second-order valence-electron chi connectivity index (χ2n) is 10.3. The Hall–Kier alpha value is -5.48. The molecule has 0 saturated carbocycles. The highest BCUT2D eigenvalue weighted by Gasteiger charge is 2.20. The van der Waals surface area contributed by atoms with E-state index in [-0.39, 0.29) is 0 Å². The molecule has 5 heterocycles. The van der Waals surface area contributed by atoms with Crippen molar-refractivity contribution in [2.24, 2.45) is 0 Å². The van der Waals surface area contributed by atoms with E-state index in [0.29, 0.717) is 0 Å². The number of pyridine rings is 3. The van der Waals surface area contributed by atoms with E-state index in [1.807, 2.05) is 30.5 Å². The first-order chi connectivity index (χ1) is 19.9. The molecule has 0 saturated heterocycles. The van der Waals surface area contributed by atoms with E-state index in [9.17, 15) is 0 Å². The molecule has 4 nitrogen and oxygen atoms in total. The Labute approximate surface area is 229 Å². The molecule has 4 heteroatoms. The van der Waals surface area contributed by atoms with Gasteiger partial charge in [0, 0.05) is 33.1 Å². The quantitative estimate of drug-likeness (QED) is 0.218. The fraction of sp³-hybridized carbons (Fsp3) is 0. The standard InChI is InChI=1S/C36H22N4/c1-5-16-29-23(10-1)22-33-24-11-2-3-12-25(24)35-31(39(29)33)19-20-32-36(35)26-13-4-6-17-30(26)40(32)34-18-9-15-28(38-34)27-14-7-8-21-37-27/h1-22H. The fourth-order valence-corrected chi connectivity index (χ4v) is 6.50. The number of benzene rings is 4. The van der Waals surface area contributed by atoms with Crippen molar-refractivity contribution in [3.05, 3.63) is 134 Å². The Bertz CT molecular complexity index is 2430. The minimum Gasteiger partial charge on any atom is -0.309 e. The maximum Gasteiger partial charge on any atom is 0.138 e. The summed E-state index contributed by atoms with van der Waals surface area (Å²) in [5.41, 5.74) is 7.66. The van der Waals surface area contributed by atoms with E-state index in [0.717, 1.165) is 28.2 Å². The molecule has 0 N–H and O–H groups in total. The number of fused-ring (bicyclic) bond motifs is 12. The van der Waals surface area contributed by atoms with E-state index in [1.165, 1.54) is 48.9 Å². The van der Waals surface area contributed by atoms with Gasteiger partial charge in [0.2, 0.25) is 0 Å². The summed E-state index contributed by atoms with van der Waals surface area (Å²) in [6, 6.07) is 45.1. The van der Waals surface area contributed by atoms with E-state index in [2.05, 4.69) is 117 Å². The van der Waals surface area contributed by atoms with Gasteiger partial charge in [0.05, 0.1) is 39.0 Å². The topological polar surface area (TPSA) is 35.1 Å². The molecule has 5 aromatic heterocycles. The van der Waals surface area contributed by atoms with Crippen molar-refractivity contribution in [3.8, 4) is 17.2 Å². The van der Waals surface area contributed by atoms with Crippen molar-refractivity contribution in [3.63, 3.8) is 0 Å². The zero-order valence-corrected chi connectivity index (χ0v) is 21.5. The molecule has 40 heavy (non-hydrogen) atoms. The van der Waals surface area contributed by atoms with Gasteiger partial charge in [0.25, 0.3) is 0 Å². The summed E-state index contributed by atoms with van der Waals surface area (Å²) in [6.45, 7) is 0. The van der Waals surface area contributed by atoms with Gasteiger partial charge in [-0.15, -0.1) is 0 Å². The number of aromatic nitrogens is 4. The average Bonchev–Trinajstić information content (AvgIpc) is 3.58. The molecule has 0 aliphatic heterocycles. The lowest BCUT2D eigenvalue weighted by atomic mass is 10.00. The Kier molecular flexibility index (Phi) is 4.30. The predicted molar refractivity (Wildman–Crippen MR) is 165 cm³/mol. The van der Waals surface area contributed by atoms with Crippen LogP contribution in [-0.2, 0) is 0 Å². The first-order valence-electron chi connectivity index (χ1n) is 13.5. The molecule has 0 aliphatic carbocycles. The molecule has 0 amide bonds. The number of para-hydroxylation sites is 2. The van der Waals surface area contributed by atoms with Crippen LogP contribution in [0.2, 0.25) is 0 Å². The zero-order chi connectivity index (χ0) is 26.2. The molecule has 4 aromatic carbocycles. The van der Waals surface area contributed by atoms with Crippen molar-refractivity contribution in [2.45, 2.75) is 0 Å². The summed E-state index contributed by atoms with van der Waals surface area (Å²) in [4.78, 5) is 9.65. The van der Waals surface area contributed by atoms with E-state index < -0.39 is 0 Å². The fourth-order valence-electron chi connectivity index (χ4n) is 6.50. The molecule has 9 aromatic rings. The third-order valence-corrected chi connectivity index (χ3v) is 8.13. The second-order valence-corrected chi connectivity index (χ2v) is 10.3. The van der Waals surface area contributed by atoms with Crippen LogP contribution in [0.4, 0.5) is 0 Å². The van der Waals surface area contributed by atoms with Crippen LogP contribution in [0.15, 0.2) is 134 Å². The Morgan fingerprint density at radius 3 is 2.02 bits per heavy atom. The van der Waals surface area contributed by atoms with Gasteiger partial charge in [-0.3, -0.25) is 9.55 Å². The van der Waals surface area contributed by atoms with Gasteiger partial charge in [-0.2, -0.15) is 0 Å². The largest absolute Gasteiger partial charge is 0.309 e. The van der Waals surface area contributed by atoms with Crippen LogP contribution in [-0.4, -0.2) is 18.9 Å². The maximum absolute atomic E-state index is 5.11. The lowest BCUT2D eigenvalue weighted by molar-refractivity contribution is 1.08. The smallest absolute Gasteiger partial charge is 0.138 e. The maximum atomic E-state index is 5.11. The monoisotopic (exact) mass is 510 g/mol. The molecule has 0 spiro atoms. The summed E-state index contributed by atoms with van der Waals surface area (Å²) in [7, 11) is 0. The van der Waals surface area contributed by atoms with Crippen LogP contribution in [0, 0.1) is 0 Å². The molecule has 0 bridgehead atoms. The van der Waals surface area contributed by atoms with Crippen LogP contribution < -0.4 is 0 Å². The number of hydrogen-bond donors (Lipinski definition) is 0. The Morgan fingerprint density at radius 2 is 1.15 bits per heavy atom. The van der Waals surface area contributed by atoms with Crippen molar-refractivity contribution in [1.29, 1.82) is 0 Å². The number of hydrogen-bond acceptors (Lipinski definition) is 2. The summed E-state index contributed by atoms with van der Waals surface area (Å²) in [5.74, 6) is 0.880. The second kappa shape index (κ2) is 8.01. The van der Waals surface area contributed by atoms with Crippen LogP contribution in [0.3, 0.4) is 0 Å². The molecule has 0 unspecified atom stereocenters. The summed E-state index contributed by atoms with van der Waals surface area (Å²) in [6.07, 6.45) is 1.81. The third-order valence-electron chi connectivity index (χ3n) is 8.13. The zero-order valence-electron chi connectivity index (χ0n) is 21.5. The first kappa shape index (κ1) is 21.5. The van der Waals surface area contributed by atoms with Crippen LogP contribution >= 0.6 is 0 Å². The SMILES string of the molecule is c1ccc(-c2cccc(-n3c4ccccc4c4c5c6ccccc6c6cc7ccccc7n6c5ccc43)n2)nc1.